The predicted octanol–water partition coefficient (Wildman–Crippen LogP) is 3.83. The van der Waals surface area contributed by atoms with E-state index in [2.05, 4.69) is 9.97 Å². The Morgan fingerprint density at radius 1 is 1.34 bits per heavy atom. The van der Waals surface area contributed by atoms with Crippen LogP contribution in [-0.4, -0.2) is 31.7 Å². The van der Waals surface area contributed by atoms with Crippen LogP contribution in [0.4, 0.5) is 0 Å². The van der Waals surface area contributed by atoms with E-state index >= 15 is 0 Å². The van der Waals surface area contributed by atoms with Crippen molar-refractivity contribution in [1.29, 1.82) is 0 Å². The van der Waals surface area contributed by atoms with Gasteiger partial charge in [-0.05, 0) is 42.8 Å². The number of para-hydroxylation sites is 1. The maximum absolute atomic E-state index is 11.3. The number of nitrogens with two attached hydrogens (primary N) is 1. The third-order valence-electron chi connectivity index (χ3n) is 4.73. The smallest absolute Gasteiger partial charge is 0.268 e. The third kappa shape index (κ3) is 4.34. The van der Waals surface area contributed by atoms with E-state index in [0.29, 0.717) is 18.7 Å². The van der Waals surface area contributed by atoms with Crippen LogP contribution in [-0.2, 0) is 6.42 Å². The largest absolute Gasteiger partial charge is 0.435 e. The summed E-state index contributed by atoms with van der Waals surface area (Å²) in [5.74, 6) is 0.0286. The Hall–Kier alpha value is -2.68. The molecule has 9 heteroatoms. The number of oxazole rings is 1. The lowest BCUT2D eigenvalue weighted by atomic mass is 10.0. The highest BCUT2D eigenvalue weighted by atomic mass is 35.5. The molecule has 2 atom stereocenters. The Bertz CT molecular complexity index is 1100. The molecule has 0 radical (unpaired) electrons. The number of fused-ring (bicyclic) bond motifs is 1. The van der Waals surface area contributed by atoms with E-state index in [1.54, 1.807) is 29.0 Å². The lowest BCUT2D eigenvalue weighted by Crippen LogP contribution is -2.21. The number of aryl methyl sites for hydroxylation is 1. The minimum Gasteiger partial charge on any atom is -0.435 e. The fourth-order valence-corrected chi connectivity index (χ4v) is 3.95. The van der Waals surface area contributed by atoms with Crippen LogP contribution in [0.2, 0.25) is 0 Å². The summed E-state index contributed by atoms with van der Waals surface area (Å²) in [5.41, 5.74) is 8.06. The average Bonchev–Trinajstić information content (AvgIpc) is 3.41. The molecular formula is C20H21ClN4O3S. The number of benzene rings is 1. The summed E-state index contributed by atoms with van der Waals surface area (Å²) in [6, 6.07) is 9.60. The van der Waals surface area contributed by atoms with Crippen molar-refractivity contribution < 1.29 is 14.3 Å². The summed E-state index contributed by atoms with van der Waals surface area (Å²) in [5, 5.41) is 12.2. The normalized spacial score (nSPS) is 13.2. The predicted molar refractivity (Wildman–Crippen MR) is 114 cm³/mol. The number of carbonyl (C=O) groups is 1. The number of aliphatic hydroxyl groups is 1. The second-order valence-corrected chi connectivity index (χ2v) is 7.63. The molecule has 0 aliphatic heterocycles. The van der Waals surface area contributed by atoms with Gasteiger partial charge in [-0.15, -0.1) is 23.7 Å². The fourth-order valence-electron chi connectivity index (χ4n) is 3.30. The molecule has 29 heavy (non-hydrogen) atoms. The molecular weight excluding hydrogens is 412 g/mol. The number of thiophene rings is 1. The van der Waals surface area contributed by atoms with Crippen molar-refractivity contribution in [2.24, 2.45) is 5.73 Å². The molecule has 3 aromatic heterocycles. The minimum atomic E-state index is -0.620. The van der Waals surface area contributed by atoms with Crippen molar-refractivity contribution >= 4 is 40.8 Å². The summed E-state index contributed by atoms with van der Waals surface area (Å²) in [6.45, 7) is 1.72. The second kappa shape index (κ2) is 8.77. The number of hydrogen-bond acceptors (Lipinski definition) is 6. The maximum atomic E-state index is 11.3. The van der Waals surface area contributed by atoms with Gasteiger partial charge < -0.3 is 19.8 Å². The van der Waals surface area contributed by atoms with Gasteiger partial charge in [0.2, 0.25) is 5.89 Å². The highest BCUT2D eigenvalue weighted by Crippen LogP contribution is 2.30. The number of hydrogen-bond donors (Lipinski definition) is 2. The van der Waals surface area contributed by atoms with Crippen molar-refractivity contribution in [3.05, 3.63) is 59.5 Å². The first-order valence-electron chi connectivity index (χ1n) is 8.96. The fraction of sp³-hybridized carbons (Fsp3) is 0.250. The topological polar surface area (TPSA) is 107 Å². The Balaban J connectivity index is 0.00000240. The van der Waals surface area contributed by atoms with Crippen molar-refractivity contribution in [2.75, 3.05) is 0 Å². The molecule has 0 aliphatic carbocycles. The SMILES string of the molecule is C[C@H](O)[C@@H](CCc1cccc2nc(-c3cccs3)oc12)n1cnc(C(N)=O)c1.Cl. The van der Waals surface area contributed by atoms with Gasteiger partial charge in [-0.25, -0.2) is 9.97 Å². The second-order valence-electron chi connectivity index (χ2n) is 6.68. The Kier molecular flexibility index (Phi) is 6.36. The van der Waals surface area contributed by atoms with Crippen molar-refractivity contribution in [3.63, 3.8) is 0 Å². The quantitative estimate of drug-likeness (QED) is 0.461. The van der Waals surface area contributed by atoms with Gasteiger partial charge in [-0.1, -0.05) is 18.2 Å². The van der Waals surface area contributed by atoms with Gasteiger partial charge in [0, 0.05) is 6.20 Å². The van der Waals surface area contributed by atoms with E-state index in [1.165, 1.54) is 6.33 Å². The zero-order chi connectivity index (χ0) is 19.7. The number of rotatable bonds is 7. The molecule has 4 aromatic rings. The lowest BCUT2D eigenvalue weighted by Gasteiger charge is -2.21. The van der Waals surface area contributed by atoms with Crippen LogP contribution >= 0.6 is 23.7 Å². The first-order valence-corrected chi connectivity index (χ1v) is 9.84. The van der Waals surface area contributed by atoms with Crippen LogP contribution in [0, 0.1) is 0 Å². The average molecular weight is 433 g/mol. The summed E-state index contributed by atoms with van der Waals surface area (Å²) >= 11 is 1.58. The molecule has 0 unspecified atom stereocenters. The lowest BCUT2D eigenvalue weighted by molar-refractivity contribution is 0.0994. The van der Waals surface area contributed by atoms with Gasteiger partial charge in [0.1, 0.15) is 11.2 Å². The first kappa shape index (κ1) is 21.0. The highest BCUT2D eigenvalue weighted by molar-refractivity contribution is 7.13. The molecule has 4 rings (SSSR count). The number of aliphatic hydroxyl groups excluding tert-OH is 1. The highest BCUT2D eigenvalue weighted by Gasteiger charge is 2.20. The molecule has 7 nitrogen and oxygen atoms in total. The Morgan fingerprint density at radius 3 is 2.83 bits per heavy atom. The number of amides is 1. The van der Waals surface area contributed by atoms with Gasteiger partial charge >= 0.3 is 0 Å². The molecule has 0 saturated heterocycles. The standard InChI is InChI=1S/C20H20N4O3S.ClH/c1-12(25)16(24-10-15(19(21)26)22-11-24)8-7-13-4-2-5-14-18(13)27-20(23-14)17-6-3-9-28-17;/h2-6,9-12,16,25H,7-8H2,1H3,(H2,21,26);1H/t12-,16+;/m0./s1. The van der Waals surface area contributed by atoms with Crippen molar-refractivity contribution in [1.82, 2.24) is 14.5 Å². The van der Waals surface area contributed by atoms with Crippen LogP contribution in [0.1, 0.15) is 35.4 Å². The molecule has 3 N–H and O–H groups in total. The summed E-state index contributed by atoms with van der Waals surface area (Å²) in [6.07, 6.45) is 3.80. The molecule has 0 aliphatic rings. The summed E-state index contributed by atoms with van der Waals surface area (Å²) in [4.78, 5) is 20.9. The number of primary amides is 1. The Morgan fingerprint density at radius 2 is 2.17 bits per heavy atom. The Labute approximate surface area is 177 Å². The van der Waals surface area contributed by atoms with Crippen LogP contribution in [0.25, 0.3) is 21.9 Å². The van der Waals surface area contributed by atoms with E-state index in [4.69, 9.17) is 10.2 Å². The van der Waals surface area contributed by atoms with Crippen LogP contribution in [0.3, 0.4) is 0 Å². The van der Waals surface area contributed by atoms with E-state index in [-0.39, 0.29) is 24.1 Å². The van der Waals surface area contributed by atoms with Gasteiger partial charge in [-0.2, -0.15) is 0 Å². The van der Waals surface area contributed by atoms with Crippen molar-refractivity contribution in [3.8, 4) is 10.8 Å². The van der Waals surface area contributed by atoms with Crippen LogP contribution in [0.5, 0.6) is 0 Å². The molecule has 1 aromatic carbocycles. The van der Waals surface area contributed by atoms with Crippen LogP contribution < -0.4 is 5.73 Å². The number of aromatic nitrogens is 3. The number of carbonyl (C=O) groups excluding carboxylic acids is 1. The minimum absolute atomic E-state index is 0. The molecule has 152 valence electrons. The molecule has 0 fully saturated rings. The van der Waals surface area contributed by atoms with Gasteiger partial charge in [-0.3, -0.25) is 4.79 Å². The van der Waals surface area contributed by atoms with Gasteiger partial charge in [0.05, 0.1) is 23.4 Å². The zero-order valence-corrected chi connectivity index (χ0v) is 17.3. The third-order valence-corrected chi connectivity index (χ3v) is 5.59. The molecule has 0 spiro atoms. The molecule has 1 amide bonds. The molecule has 3 heterocycles. The number of halogens is 1. The molecule has 0 bridgehead atoms. The zero-order valence-electron chi connectivity index (χ0n) is 15.7. The number of imidazole rings is 1. The molecule has 0 saturated carbocycles. The summed E-state index contributed by atoms with van der Waals surface area (Å²) < 4.78 is 7.77. The first-order chi connectivity index (χ1) is 13.5. The monoisotopic (exact) mass is 432 g/mol. The van der Waals surface area contributed by atoms with Gasteiger partial charge in [0.15, 0.2) is 5.58 Å². The van der Waals surface area contributed by atoms with Gasteiger partial charge in [0.25, 0.3) is 5.91 Å². The van der Waals surface area contributed by atoms with E-state index in [1.807, 2.05) is 35.7 Å². The van der Waals surface area contributed by atoms with E-state index in [0.717, 1.165) is 21.5 Å². The van der Waals surface area contributed by atoms with E-state index < -0.39 is 12.0 Å². The maximum Gasteiger partial charge on any atom is 0.268 e. The van der Waals surface area contributed by atoms with Crippen LogP contribution in [0.15, 0.2) is 52.7 Å². The number of nitrogens with zero attached hydrogens (tertiary/aromatic N) is 3. The summed E-state index contributed by atoms with van der Waals surface area (Å²) in [7, 11) is 0. The van der Waals surface area contributed by atoms with Crippen molar-refractivity contribution in [2.45, 2.75) is 31.9 Å². The van der Waals surface area contributed by atoms with E-state index in [9.17, 15) is 9.90 Å².